The van der Waals surface area contributed by atoms with Crippen LogP contribution in [0.15, 0.2) is 0 Å². The van der Waals surface area contributed by atoms with Gasteiger partial charge in [-0.05, 0) is 39.3 Å². The number of piperazine rings is 1. The maximum atomic E-state index is 12.4. The third-order valence-electron chi connectivity index (χ3n) is 6.68. The number of anilines is 1. The van der Waals surface area contributed by atoms with Gasteiger partial charge in [-0.15, -0.1) is 0 Å². The normalized spacial score (nSPS) is 23.2. The lowest BCUT2D eigenvalue weighted by atomic mass is 9.83. The molecule has 154 valence electrons. The van der Waals surface area contributed by atoms with E-state index in [0.29, 0.717) is 18.2 Å². The number of rotatable bonds is 3. The van der Waals surface area contributed by atoms with Crippen molar-refractivity contribution in [2.45, 2.75) is 45.1 Å². The van der Waals surface area contributed by atoms with Crippen molar-refractivity contribution in [2.75, 3.05) is 58.3 Å². The molecule has 0 bridgehead atoms. The Morgan fingerprint density at radius 3 is 2.57 bits per heavy atom. The number of hydrogen-bond donors (Lipinski definition) is 1. The minimum Gasteiger partial charge on any atom is -0.356 e. The lowest BCUT2D eigenvalue weighted by Crippen LogP contribution is -2.63. The molecule has 0 unspecified atom stereocenters. The minimum atomic E-state index is -0.0444. The van der Waals surface area contributed by atoms with Crippen LogP contribution < -0.4 is 10.2 Å². The van der Waals surface area contributed by atoms with Crippen LogP contribution in [0.3, 0.4) is 0 Å². The summed E-state index contributed by atoms with van der Waals surface area (Å²) in [6.07, 6.45) is 3.90. The molecule has 1 N–H and O–H groups in total. The summed E-state index contributed by atoms with van der Waals surface area (Å²) in [5, 5.41) is 2.95. The Hall–Kier alpha value is -1.73. The van der Waals surface area contributed by atoms with Gasteiger partial charge in [0.1, 0.15) is 17.3 Å². The highest BCUT2D eigenvalue weighted by molar-refractivity contribution is 5.96. The van der Waals surface area contributed by atoms with E-state index in [1.165, 1.54) is 0 Å². The van der Waals surface area contributed by atoms with Crippen LogP contribution in [0.5, 0.6) is 0 Å². The van der Waals surface area contributed by atoms with E-state index in [1.807, 2.05) is 0 Å². The van der Waals surface area contributed by atoms with E-state index in [9.17, 15) is 4.79 Å². The number of hydrogen-bond acceptors (Lipinski definition) is 6. The molecule has 0 aliphatic carbocycles. The largest absolute Gasteiger partial charge is 0.356 e. The molecule has 0 atom stereocenters. The molecule has 4 heterocycles. The maximum absolute atomic E-state index is 12.4. The first-order valence-corrected chi connectivity index (χ1v) is 10.7. The van der Waals surface area contributed by atoms with Crippen LogP contribution in [0.2, 0.25) is 0 Å². The van der Waals surface area contributed by atoms with Crippen molar-refractivity contribution in [3.63, 3.8) is 0 Å². The highest BCUT2D eigenvalue weighted by atomic mass is 16.1. The number of likely N-dealkylation sites (N-methyl/N-ethyl adjacent to an activating group) is 2. The average Bonchev–Trinajstić information content (AvgIpc) is 2.65. The van der Waals surface area contributed by atoms with Crippen molar-refractivity contribution in [3.05, 3.63) is 17.1 Å². The van der Waals surface area contributed by atoms with E-state index < -0.39 is 0 Å². The Bertz CT molecular complexity index is 741. The fourth-order valence-corrected chi connectivity index (χ4v) is 4.97. The molecular formula is C21H34N6O. The van der Waals surface area contributed by atoms with Gasteiger partial charge in [0.25, 0.3) is 5.91 Å². The van der Waals surface area contributed by atoms with Gasteiger partial charge in [0, 0.05) is 56.8 Å². The van der Waals surface area contributed by atoms with Crippen LogP contribution in [0, 0.1) is 5.92 Å². The average molecular weight is 387 g/mol. The molecule has 3 aliphatic heterocycles. The van der Waals surface area contributed by atoms with Gasteiger partial charge >= 0.3 is 0 Å². The number of nitrogens with one attached hydrogen (secondary N) is 1. The second-order valence-electron chi connectivity index (χ2n) is 9.27. The molecule has 4 rings (SSSR count). The highest BCUT2D eigenvalue weighted by Crippen LogP contribution is 2.34. The van der Waals surface area contributed by atoms with Crippen molar-refractivity contribution >= 4 is 11.7 Å². The van der Waals surface area contributed by atoms with Crippen molar-refractivity contribution in [3.8, 4) is 0 Å². The number of nitrogens with zero attached hydrogens (tertiary/aromatic N) is 5. The third kappa shape index (κ3) is 3.62. The van der Waals surface area contributed by atoms with Crippen LogP contribution in [-0.2, 0) is 12.8 Å². The maximum Gasteiger partial charge on any atom is 0.270 e. The Labute approximate surface area is 168 Å². The fraction of sp³-hybridized carbons (Fsp3) is 0.762. The summed E-state index contributed by atoms with van der Waals surface area (Å²) in [6.45, 7) is 10.4. The second kappa shape index (κ2) is 7.59. The molecule has 2 saturated heterocycles. The van der Waals surface area contributed by atoms with E-state index in [4.69, 9.17) is 4.98 Å². The molecular weight excluding hydrogens is 352 g/mol. The van der Waals surface area contributed by atoms with Crippen LogP contribution in [0.25, 0.3) is 0 Å². The van der Waals surface area contributed by atoms with Gasteiger partial charge in [-0.3, -0.25) is 9.69 Å². The first-order chi connectivity index (χ1) is 13.4. The second-order valence-corrected chi connectivity index (χ2v) is 9.27. The summed E-state index contributed by atoms with van der Waals surface area (Å²) in [6, 6.07) is 0. The van der Waals surface area contributed by atoms with Crippen molar-refractivity contribution in [1.82, 2.24) is 25.1 Å². The summed E-state index contributed by atoms with van der Waals surface area (Å²) < 4.78 is 0. The topological polar surface area (TPSA) is 64.6 Å². The predicted molar refractivity (Wildman–Crippen MR) is 111 cm³/mol. The molecule has 2 fully saturated rings. The van der Waals surface area contributed by atoms with Crippen LogP contribution in [0.4, 0.5) is 5.82 Å². The number of fused-ring (bicyclic) bond motifs is 1. The smallest absolute Gasteiger partial charge is 0.270 e. The quantitative estimate of drug-likeness (QED) is 0.842. The molecule has 1 amide bonds. The van der Waals surface area contributed by atoms with Gasteiger partial charge in [0.05, 0.1) is 0 Å². The summed E-state index contributed by atoms with van der Waals surface area (Å²) in [5.41, 5.74) is 1.91. The Morgan fingerprint density at radius 2 is 1.86 bits per heavy atom. The van der Waals surface area contributed by atoms with Gasteiger partial charge < -0.3 is 15.1 Å². The number of amides is 1. The van der Waals surface area contributed by atoms with Gasteiger partial charge in [-0.1, -0.05) is 13.8 Å². The molecule has 7 nitrogen and oxygen atoms in total. The zero-order chi connectivity index (χ0) is 19.9. The molecule has 0 aromatic carbocycles. The van der Waals surface area contributed by atoms with E-state index >= 15 is 0 Å². The van der Waals surface area contributed by atoms with E-state index in [-0.39, 0.29) is 11.4 Å². The first kappa shape index (κ1) is 19.6. The molecule has 1 aromatic rings. The van der Waals surface area contributed by atoms with Crippen molar-refractivity contribution in [1.29, 1.82) is 0 Å². The molecule has 1 aromatic heterocycles. The molecule has 7 heteroatoms. The lowest BCUT2D eigenvalue weighted by Gasteiger charge is -2.52. The van der Waals surface area contributed by atoms with Crippen LogP contribution in [0.1, 0.15) is 48.6 Å². The van der Waals surface area contributed by atoms with Gasteiger partial charge in [-0.25, -0.2) is 9.97 Å². The lowest BCUT2D eigenvalue weighted by molar-refractivity contribution is 0.00934. The Kier molecular flexibility index (Phi) is 5.31. The van der Waals surface area contributed by atoms with Crippen LogP contribution in [-0.4, -0.2) is 84.6 Å². The van der Waals surface area contributed by atoms with Crippen molar-refractivity contribution < 1.29 is 4.79 Å². The van der Waals surface area contributed by atoms with Crippen molar-refractivity contribution in [2.24, 2.45) is 5.92 Å². The fourth-order valence-electron chi connectivity index (χ4n) is 4.97. The SMILES string of the molecule is CC(C)Cc1nc2c(c(N3CCC4(CC3)CN(C)CCN4C)n1)CCNC2=O. The number of carbonyl (C=O) groups is 1. The number of aromatic nitrogens is 2. The number of carbonyl (C=O) groups excluding carboxylic acids is 1. The summed E-state index contributed by atoms with van der Waals surface area (Å²) in [7, 11) is 4.51. The summed E-state index contributed by atoms with van der Waals surface area (Å²) in [5.74, 6) is 2.23. The molecule has 0 saturated carbocycles. The van der Waals surface area contributed by atoms with E-state index in [0.717, 1.165) is 75.6 Å². The Balaban J connectivity index is 1.61. The predicted octanol–water partition coefficient (Wildman–Crippen LogP) is 1.18. The van der Waals surface area contributed by atoms with Gasteiger partial charge in [-0.2, -0.15) is 0 Å². The molecule has 3 aliphatic rings. The minimum absolute atomic E-state index is 0.0444. The summed E-state index contributed by atoms with van der Waals surface area (Å²) >= 11 is 0. The number of piperidine rings is 1. The molecule has 28 heavy (non-hydrogen) atoms. The van der Waals surface area contributed by atoms with Gasteiger partial charge in [0.2, 0.25) is 0 Å². The highest BCUT2D eigenvalue weighted by Gasteiger charge is 2.42. The zero-order valence-electron chi connectivity index (χ0n) is 17.8. The zero-order valence-corrected chi connectivity index (χ0v) is 17.8. The first-order valence-electron chi connectivity index (χ1n) is 10.7. The monoisotopic (exact) mass is 386 g/mol. The standard InChI is InChI=1S/C21H34N6O/c1-15(2)13-17-23-18-16(5-8-22-20(18)28)19(24-17)27-9-6-21(7-10-27)14-25(3)11-12-26(21)4/h15H,5-14H2,1-4H3,(H,22,28). The van der Waals surface area contributed by atoms with E-state index in [2.05, 4.69) is 52.9 Å². The molecule has 0 radical (unpaired) electrons. The van der Waals surface area contributed by atoms with Crippen LogP contribution >= 0.6 is 0 Å². The van der Waals surface area contributed by atoms with E-state index in [1.54, 1.807) is 0 Å². The molecule has 1 spiro atoms. The summed E-state index contributed by atoms with van der Waals surface area (Å²) in [4.78, 5) is 29.5. The van der Waals surface area contributed by atoms with Gasteiger partial charge in [0.15, 0.2) is 0 Å². The Morgan fingerprint density at radius 1 is 1.11 bits per heavy atom. The third-order valence-corrected chi connectivity index (χ3v) is 6.68.